The van der Waals surface area contributed by atoms with Gasteiger partial charge in [0.1, 0.15) is 0 Å². The molecule has 494 valence electrons. The first-order valence-electron chi connectivity index (χ1n) is 38.5. The summed E-state index contributed by atoms with van der Waals surface area (Å²) >= 11 is 0. The van der Waals surface area contributed by atoms with Crippen molar-refractivity contribution in [3.63, 3.8) is 0 Å². The molecule has 0 bridgehead atoms. The van der Waals surface area contributed by atoms with Crippen LogP contribution in [0.2, 0.25) is 0 Å². The number of aliphatic hydroxyl groups is 2. The number of rotatable bonds is 73. The maximum Gasteiger partial charge on any atom is 0.305 e. The smallest absolute Gasteiger partial charge is 0.305 e. The van der Waals surface area contributed by atoms with Gasteiger partial charge < -0.3 is 20.3 Å². The van der Waals surface area contributed by atoms with Gasteiger partial charge in [-0.2, -0.15) is 0 Å². The summed E-state index contributed by atoms with van der Waals surface area (Å²) in [4.78, 5) is 24.6. The fraction of sp³-hybridized carbons (Fsp3) is 0.948. The lowest BCUT2D eigenvalue weighted by Gasteiger charge is -2.20. The largest absolute Gasteiger partial charge is 0.466 e. The van der Waals surface area contributed by atoms with E-state index in [-0.39, 0.29) is 18.5 Å². The van der Waals surface area contributed by atoms with Crippen LogP contribution in [0, 0.1) is 0 Å². The van der Waals surface area contributed by atoms with Crippen molar-refractivity contribution < 1.29 is 24.5 Å². The number of ether oxygens (including phenoxy) is 1. The van der Waals surface area contributed by atoms with Crippen LogP contribution in [0.25, 0.3) is 0 Å². The molecule has 0 fully saturated rings. The standard InChI is InChI=1S/C77H151NO5/c1-3-5-7-9-11-13-15-17-19-20-21-22-30-33-36-39-42-45-49-53-57-61-65-69-75(80)74(73-79)78-76(81)70-66-62-58-54-50-46-43-40-37-34-31-28-26-24-23-25-27-29-32-35-38-41-44-48-52-56-60-64-68-72-83-77(82)71-67-63-59-55-51-47-18-16-14-12-10-8-6-4-2/h65,69,74-75,79-80H,3-64,66-68,70-73H2,1-2H3,(H,78,81)/b69-65+. The van der Waals surface area contributed by atoms with E-state index in [1.54, 1.807) is 6.08 Å². The molecule has 0 aromatic rings. The molecule has 0 radical (unpaired) electrons. The van der Waals surface area contributed by atoms with Crippen LogP contribution in [-0.4, -0.2) is 47.4 Å². The van der Waals surface area contributed by atoms with Crippen molar-refractivity contribution in [1.29, 1.82) is 0 Å². The second kappa shape index (κ2) is 73.1. The molecule has 0 heterocycles. The van der Waals surface area contributed by atoms with E-state index in [2.05, 4.69) is 19.2 Å². The monoisotopic (exact) mass is 1170 g/mol. The number of nitrogens with one attached hydrogen (secondary N) is 1. The van der Waals surface area contributed by atoms with E-state index in [0.29, 0.717) is 19.4 Å². The summed E-state index contributed by atoms with van der Waals surface area (Å²) < 4.78 is 5.50. The Kier molecular flexibility index (Phi) is 71.8. The zero-order chi connectivity index (χ0) is 59.9. The van der Waals surface area contributed by atoms with E-state index >= 15 is 0 Å². The van der Waals surface area contributed by atoms with E-state index in [0.717, 1.165) is 38.5 Å². The van der Waals surface area contributed by atoms with E-state index in [1.165, 1.54) is 379 Å². The molecule has 0 saturated carbocycles. The molecule has 1 amide bonds. The summed E-state index contributed by atoms with van der Waals surface area (Å²) in [5, 5.41) is 23.3. The Morgan fingerprint density at radius 2 is 0.554 bits per heavy atom. The number of carbonyl (C=O) groups is 2. The molecule has 0 spiro atoms. The fourth-order valence-electron chi connectivity index (χ4n) is 12.5. The highest BCUT2D eigenvalue weighted by atomic mass is 16.5. The molecule has 0 aliphatic rings. The molecule has 0 aromatic heterocycles. The number of esters is 1. The van der Waals surface area contributed by atoms with Gasteiger partial charge >= 0.3 is 5.97 Å². The van der Waals surface area contributed by atoms with Crippen LogP contribution in [0.5, 0.6) is 0 Å². The quantitative estimate of drug-likeness (QED) is 0.0320. The summed E-state index contributed by atoms with van der Waals surface area (Å²) in [5.41, 5.74) is 0. The average molecular weight is 1170 g/mol. The van der Waals surface area contributed by atoms with Crippen molar-refractivity contribution in [3.05, 3.63) is 12.2 Å². The minimum absolute atomic E-state index is 0.0226. The van der Waals surface area contributed by atoms with Crippen molar-refractivity contribution in [2.24, 2.45) is 0 Å². The number of carbonyl (C=O) groups excluding carboxylic acids is 2. The van der Waals surface area contributed by atoms with Crippen LogP contribution in [0.4, 0.5) is 0 Å². The zero-order valence-electron chi connectivity index (χ0n) is 56.7. The van der Waals surface area contributed by atoms with Gasteiger partial charge in [-0.25, -0.2) is 0 Å². The zero-order valence-corrected chi connectivity index (χ0v) is 56.7. The Labute approximate surface area is 520 Å². The summed E-state index contributed by atoms with van der Waals surface area (Å²) in [6, 6.07) is -0.626. The third kappa shape index (κ3) is 69.6. The first-order valence-corrected chi connectivity index (χ1v) is 38.5. The maximum absolute atomic E-state index is 12.5. The van der Waals surface area contributed by atoms with E-state index in [4.69, 9.17) is 4.74 Å². The van der Waals surface area contributed by atoms with Crippen molar-refractivity contribution in [1.82, 2.24) is 5.32 Å². The van der Waals surface area contributed by atoms with Crippen LogP contribution in [0.15, 0.2) is 12.2 Å². The van der Waals surface area contributed by atoms with E-state index in [1.807, 2.05) is 6.08 Å². The predicted molar refractivity (Wildman–Crippen MR) is 366 cm³/mol. The Hall–Kier alpha value is -1.40. The Morgan fingerprint density at radius 1 is 0.325 bits per heavy atom. The molecule has 2 unspecified atom stereocenters. The topological polar surface area (TPSA) is 95.9 Å². The van der Waals surface area contributed by atoms with E-state index < -0.39 is 12.1 Å². The normalized spacial score (nSPS) is 12.5. The Bertz CT molecular complexity index is 1260. The van der Waals surface area contributed by atoms with Gasteiger partial charge in [-0.15, -0.1) is 0 Å². The molecule has 2 atom stereocenters. The molecule has 6 nitrogen and oxygen atoms in total. The average Bonchev–Trinajstić information content (AvgIpc) is 3.48. The fourth-order valence-corrected chi connectivity index (χ4v) is 12.5. The van der Waals surface area contributed by atoms with Crippen LogP contribution in [-0.2, 0) is 14.3 Å². The van der Waals surface area contributed by atoms with Gasteiger partial charge in [-0.05, 0) is 32.1 Å². The van der Waals surface area contributed by atoms with Gasteiger partial charge in [0.05, 0.1) is 25.4 Å². The van der Waals surface area contributed by atoms with Crippen molar-refractivity contribution in [2.45, 2.75) is 456 Å². The Morgan fingerprint density at radius 3 is 0.819 bits per heavy atom. The van der Waals surface area contributed by atoms with Crippen LogP contribution >= 0.6 is 0 Å². The summed E-state index contributed by atoms with van der Waals surface area (Å²) in [6.07, 6.45) is 91.8. The van der Waals surface area contributed by atoms with Crippen LogP contribution in [0.1, 0.15) is 444 Å². The molecular weight excluding hydrogens is 1020 g/mol. The van der Waals surface area contributed by atoms with E-state index in [9.17, 15) is 19.8 Å². The van der Waals surface area contributed by atoms with Crippen molar-refractivity contribution >= 4 is 11.9 Å². The molecule has 0 aliphatic carbocycles. The SMILES string of the molecule is CCCCCCCCCCCCCCCCCCCCCCC/C=C/C(O)C(CO)NC(=O)CCCCCCCCCCCCCCCCCCCCCCCCCCCCCCCOC(=O)CCCCCCCCCCCCCCCC. The third-order valence-corrected chi connectivity index (χ3v) is 18.3. The number of hydrogen-bond acceptors (Lipinski definition) is 5. The van der Waals surface area contributed by atoms with Gasteiger partial charge in [0, 0.05) is 12.8 Å². The number of hydrogen-bond donors (Lipinski definition) is 3. The minimum atomic E-state index is -0.843. The predicted octanol–water partition coefficient (Wildman–Crippen LogP) is 25.1. The van der Waals surface area contributed by atoms with Crippen molar-refractivity contribution in [3.8, 4) is 0 Å². The molecule has 83 heavy (non-hydrogen) atoms. The van der Waals surface area contributed by atoms with Gasteiger partial charge in [-0.3, -0.25) is 9.59 Å². The maximum atomic E-state index is 12.5. The number of allylic oxidation sites excluding steroid dienone is 1. The molecule has 0 saturated heterocycles. The van der Waals surface area contributed by atoms with Gasteiger partial charge in [0.15, 0.2) is 0 Å². The number of unbranched alkanes of at least 4 members (excludes halogenated alkanes) is 62. The number of amides is 1. The Balaban J connectivity index is 3.36. The van der Waals surface area contributed by atoms with Gasteiger partial charge in [0.25, 0.3) is 0 Å². The molecule has 0 rings (SSSR count). The molecule has 0 aromatic carbocycles. The summed E-state index contributed by atoms with van der Waals surface area (Å²) in [7, 11) is 0. The van der Waals surface area contributed by atoms with Crippen molar-refractivity contribution in [2.75, 3.05) is 13.2 Å². The third-order valence-electron chi connectivity index (χ3n) is 18.3. The van der Waals surface area contributed by atoms with Gasteiger partial charge in [-0.1, -0.05) is 411 Å². The summed E-state index contributed by atoms with van der Waals surface area (Å²) in [5.74, 6) is -0.0363. The molecule has 6 heteroatoms. The first kappa shape index (κ1) is 81.6. The molecule has 3 N–H and O–H groups in total. The second-order valence-corrected chi connectivity index (χ2v) is 26.7. The lowest BCUT2D eigenvalue weighted by Crippen LogP contribution is -2.45. The minimum Gasteiger partial charge on any atom is -0.466 e. The van der Waals surface area contributed by atoms with Crippen LogP contribution in [0.3, 0.4) is 0 Å². The number of aliphatic hydroxyl groups excluding tert-OH is 2. The van der Waals surface area contributed by atoms with Crippen LogP contribution < -0.4 is 5.32 Å². The highest BCUT2D eigenvalue weighted by Gasteiger charge is 2.18. The second-order valence-electron chi connectivity index (χ2n) is 26.7. The van der Waals surface area contributed by atoms with Gasteiger partial charge in [0.2, 0.25) is 5.91 Å². The molecular formula is C77H151NO5. The molecule has 0 aliphatic heterocycles. The lowest BCUT2D eigenvalue weighted by molar-refractivity contribution is -0.143. The highest BCUT2D eigenvalue weighted by Crippen LogP contribution is 2.20. The summed E-state index contributed by atoms with van der Waals surface area (Å²) in [6.45, 7) is 4.96. The lowest BCUT2D eigenvalue weighted by atomic mass is 10.0. The first-order chi connectivity index (χ1) is 41.0. The highest BCUT2D eigenvalue weighted by molar-refractivity contribution is 5.76.